The predicted octanol–water partition coefficient (Wildman–Crippen LogP) is 0.890. The number of pyridine rings is 2. The van der Waals surface area contributed by atoms with Gasteiger partial charge >= 0.3 is 0 Å². The van der Waals surface area contributed by atoms with Crippen LogP contribution in [0.25, 0.3) is 17.0 Å². The lowest BCUT2D eigenvalue weighted by molar-refractivity contribution is 0.100. The van der Waals surface area contributed by atoms with E-state index in [-0.39, 0.29) is 0 Å². The van der Waals surface area contributed by atoms with Crippen molar-refractivity contribution < 1.29 is 4.79 Å². The van der Waals surface area contributed by atoms with Crippen molar-refractivity contribution in [3.05, 3.63) is 48.4 Å². The molecule has 0 fully saturated rings. The molecule has 3 aromatic heterocycles. The minimum Gasteiger partial charge on any atom is -0.365 e. The van der Waals surface area contributed by atoms with E-state index in [4.69, 9.17) is 5.73 Å². The van der Waals surface area contributed by atoms with E-state index < -0.39 is 5.91 Å². The molecule has 2 N–H and O–H groups in total. The van der Waals surface area contributed by atoms with Crippen LogP contribution >= 0.6 is 0 Å². The Bertz CT molecular complexity index is 720. The maximum Gasteiger partial charge on any atom is 0.252 e. The lowest BCUT2D eigenvalue weighted by Crippen LogP contribution is -2.12. The van der Waals surface area contributed by atoms with Crippen LogP contribution in [0.2, 0.25) is 0 Å². The van der Waals surface area contributed by atoms with Crippen LogP contribution in [0.1, 0.15) is 10.4 Å². The zero-order valence-electron chi connectivity index (χ0n) is 9.32. The molecule has 0 aliphatic heterocycles. The van der Waals surface area contributed by atoms with Crippen molar-refractivity contribution >= 4 is 11.6 Å². The van der Waals surface area contributed by atoms with Gasteiger partial charge in [0.2, 0.25) is 0 Å². The molecule has 0 unspecified atom stereocenters. The maximum absolute atomic E-state index is 11.3. The molecule has 1 amide bonds. The standard InChI is InChI=1S/C12H9N5O/c13-10(18)9-2-1-7-17-12(9)15-11(16-17)8-3-5-14-6-4-8/h1-7H,(H2,13,18). The van der Waals surface area contributed by atoms with Crippen molar-refractivity contribution in [1.29, 1.82) is 0 Å². The average molecular weight is 239 g/mol. The molecule has 3 rings (SSSR count). The number of primary amides is 1. The molecule has 3 aromatic rings. The molecule has 0 saturated carbocycles. The molecule has 0 aromatic carbocycles. The van der Waals surface area contributed by atoms with Crippen LogP contribution in [0.3, 0.4) is 0 Å². The van der Waals surface area contributed by atoms with Gasteiger partial charge in [-0.3, -0.25) is 9.78 Å². The number of hydrogen-bond donors (Lipinski definition) is 1. The second kappa shape index (κ2) is 3.92. The highest BCUT2D eigenvalue weighted by molar-refractivity contribution is 5.98. The summed E-state index contributed by atoms with van der Waals surface area (Å²) in [7, 11) is 0. The van der Waals surface area contributed by atoms with Gasteiger partial charge in [-0.2, -0.15) is 0 Å². The molecule has 0 aliphatic carbocycles. The molecule has 0 aliphatic rings. The number of aromatic nitrogens is 4. The number of amides is 1. The van der Waals surface area contributed by atoms with Gasteiger partial charge < -0.3 is 5.73 Å². The number of fused-ring (bicyclic) bond motifs is 1. The lowest BCUT2D eigenvalue weighted by Gasteiger charge is -1.95. The van der Waals surface area contributed by atoms with Crippen molar-refractivity contribution in [2.75, 3.05) is 0 Å². The zero-order valence-corrected chi connectivity index (χ0v) is 9.32. The van der Waals surface area contributed by atoms with E-state index in [1.165, 1.54) is 4.52 Å². The molecule has 0 saturated heterocycles. The van der Waals surface area contributed by atoms with Gasteiger partial charge in [0.25, 0.3) is 5.91 Å². The van der Waals surface area contributed by atoms with E-state index in [1.54, 1.807) is 42.9 Å². The smallest absolute Gasteiger partial charge is 0.252 e. The SMILES string of the molecule is NC(=O)c1cccn2nc(-c3ccncc3)nc12. The molecular formula is C12H9N5O. The summed E-state index contributed by atoms with van der Waals surface area (Å²) in [4.78, 5) is 19.6. The first-order valence-corrected chi connectivity index (χ1v) is 5.31. The lowest BCUT2D eigenvalue weighted by atomic mass is 10.2. The van der Waals surface area contributed by atoms with Crippen LogP contribution in [-0.4, -0.2) is 25.5 Å². The van der Waals surface area contributed by atoms with Crippen molar-refractivity contribution in [1.82, 2.24) is 19.6 Å². The molecule has 6 nitrogen and oxygen atoms in total. The van der Waals surface area contributed by atoms with Gasteiger partial charge in [0, 0.05) is 24.2 Å². The fourth-order valence-corrected chi connectivity index (χ4v) is 1.72. The summed E-state index contributed by atoms with van der Waals surface area (Å²) in [6.07, 6.45) is 5.05. The monoisotopic (exact) mass is 239 g/mol. The highest BCUT2D eigenvalue weighted by Gasteiger charge is 2.12. The van der Waals surface area contributed by atoms with Gasteiger partial charge in [-0.15, -0.1) is 5.10 Å². The molecule has 6 heteroatoms. The number of nitrogens with zero attached hydrogens (tertiary/aromatic N) is 4. The number of hydrogen-bond acceptors (Lipinski definition) is 4. The van der Waals surface area contributed by atoms with Gasteiger partial charge in [-0.1, -0.05) is 0 Å². The summed E-state index contributed by atoms with van der Waals surface area (Å²) in [6, 6.07) is 6.94. The first kappa shape index (κ1) is 10.4. The minimum absolute atomic E-state index is 0.352. The topological polar surface area (TPSA) is 86.2 Å². The quantitative estimate of drug-likeness (QED) is 0.719. The van der Waals surface area contributed by atoms with Crippen LogP contribution in [0.15, 0.2) is 42.9 Å². The van der Waals surface area contributed by atoms with Crippen LogP contribution in [0, 0.1) is 0 Å². The Labute approximate surface area is 102 Å². The number of carbonyl (C=O) groups is 1. The molecule has 18 heavy (non-hydrogen) atoms. The van der Waals surface area contributed by atoms with E-state index in [0.29, 0.717) is 17.0 Å². The molecule has 88 valence electrons. The largest absolute Gasteiger partial charge is 0.365 e. The Morgan fingerprint density at radius 3 is 2.72 bits per heavy atom. The third-order valence-electron chi connectivity index (χ3n) is 2.57. The van der Waals surface area contributed by atoms with Gasteiger partial charge in [0.1, 0.15) is 0 Å². The van der Waals surface area contributed by atoms with E-state index in [9.17, 15) is 4.79 Å². The second-order valence-electron chi connectivity index (χ2n) is 3.73. The molecular weight excluding hydrogens is 230 g/mol. The van der Waals surface area contributed by atoms with Gasteiger partial charge in [-0.25, -0.2) is 9.50 Å². The summed E-state index contributed by atoms with van der Waals surface area (Å²) in [5.41, 5.74) is 6.94. The van der Waals surface area contributed by atoms with Gasteiger partial charge in [0.15, 0.2) is 11.5 Å². The summed E-state index contributed by atoms with van der Waals surface area (Å²) in [5, 5.41) is 4.30. The minimum atomic E-state index is -0.519. The summed E-state index contributed by atoms with van der Waals surface area (Å²) < 4.78 is 1.54. The summed E-state index contributed by atoms with van der Waals surface area (Å²) in [5.74, 6) is 0.0142. The maximum atomic E-state index is 11.3. The summed E-state index contributed by atoms with van der Waals surface area (Å²) in [6.45, 7) is 0. The third kappa shape index (κ3) is 1.60. The van der Waals surface area contributed by atoms with E-state index in [2.05, 4.69) is 15.1 Å². The van der Waals surface area contributed by atoms with Crippen LogP contribution in [0.4, 0.5) is 0 Å². The summed E-state index contributed by atoms with van der Waals surface area (Å²) >= 11 is 0. The molecule has 3 heterocycles. The zero-order chi connectivity index (χ0) is 12.5. The van der Waals surface area contributed by atoms with Crippen molar-refractivity contribution in [2.45, 2.75) is 0 Å². The van der Waals surface area contributed by atoms with E-state index >= 15 is 0 Å². The van der Waals surface area contributed by atoms with Crippen LogP contribution in [0.5, 0.6) is 0 Å². The molecule has 0 radical (unpaired) electrons. The van der Waals surface area contributed by atoms with Gasteiger partial charge in [0.05, 0.1) is 5.56 Å². The predicted molar refractivity (Wildman–Crippen MR) is 64.7 cm³/mol. The fraction of sp³-hybridized carbons (Fsp3) is 0. The number of nitrogens with two attached hydrogens (primary N) is 1. The highest BCUT2D eigenvalue weighted by Crippen LogP contribution is 2.16. The molecule has 0 atom stereocenters. The Morgan fingerprint density at radius 2 is 2.00 bits per heavy atom. The first-order chi connectivity index (χ1) is 8.75. The first-order valence-electron chi connectivity index (χ1n) is 5.31. The Kier molecular flexibility index (Phi) is 2.26. The molecule has 0 spiro atoms. The Hall–Kier alpha value is -2.76. The van der Waals surface area contributed by atoms with Crippen molar-refractivity contribution in [3.63, 3.8) is 0 Å². The van der Waals surface area contributed by atoms with Gasteiger partial charge in [-0.05, 0) is 24.3 Å². The molecule has 0 bridgehead atoms. The van der Waals surface area contributed by atoms with E-state index in [1.807, 2.05) is 0 Å². The Balaban J connectivity index is 2.23. The third-order valence-corrected chi connectivity index (χ3v) is 2.57. The van der Waals surface area contributed by atoms with Crippen molar-refractivity contribution in [2.24, 2.45) is 5.73 Å². The Morgan fingerprint density at radius 1 is 1.22 bits per heavy atom. The second-order valence-corrected chi connectivity index (χ2v) is 3.73. The fourth-order valence-electron chi connectivity index (χ4n) is 1.72. The normalized spacial score (nSPS) is 10.7. The number of rotatable bonds is 2. The highest BCUT2D eigenvalue weighted by atomic mass is 16.1. The number of carbonyl (C=O) groups excluding carboxylic acids is 1. The van der Waals surface area contributed by atoms with Crippen molar-refractivity contribution in [3.8, 4) is 11.4 Å². The average Bonchev–Trinajstić information content (AvgIpc) is 2.83. The van der Waals surface area contributed by atoms with Crippen LogP contribution < -0.4 is 5.73 Å². The van der Waals surface area contributed by atoms with Crippen LogP contribution in [-0.2, 0) is 0 Å². The van der Waals surface area contributed by atoms with E-state index in [0.717, 1.165) is 5.56 Å².